The van der Waals surface area contributed by atoms with E-state index >= 15 is 0 Å². The third kappa shape index (κ3) is 6.57. The highest BCUT2D eigenvalue weighted by Crippen LogP contribution is 2.12. The van der Waals surface area contributed by atoms with E-state index in [-0.39, 0.29) is 30.1 Å². The maximum atomic E-state index is 11.9. The van der Waals surface area contributed by atoms with Crippen molar-refractivity contribution in [2.75, 3.05) is 24.6 Å². The minimum absolute atomic E-state index is 0. The van der Waals surface area contributed by atoms with Crippen LogP contribution in [-0.4, -0.2) is 42.3 Å². The average molecular weight is 363 g/mol. The largest absolute Gasteiger partial charge is 0.353 e. The molecular formula is C15H20Cl2N2O2S. The summed E-state index contributed by atoms with van der Waals surface area (Å²) < 4.78 is 0. The number of carbonyl (C=O) groups is 2. The maximum absolute atomic E-state index is 11.9. The lowest BCUT2D eigenvalue weighted by Gasteiger charge is -2.23. The molecule has 2 rings (SSSR count). The van der Waals surface area contributed by atoms with Crippen molar-refractivity contribution >= 4 is 47.5 Å². The van der Waals surface area contributed by atoms with Gasteiger partial charge in [-0.15, -0.1) is 24.2 Å². The normalized spacial score (nSPS) is 15.0. The van der Waals surface area contributed by atoms with Gasteiger partial charge in [0.05, 0.1) is 11.5 Å². The first-order valence-corrected chi connectivity index (χ1v) is 8.55. The molecule has 0 aliphatic carbocycles. The van der Waals surface area contributed by atoms with Crippen molar-refractivity contribution in [3.05, 3.63) is 34.9 Å². The molecule has 1 aromatic carbocycles. The Morgan fingerprint density at radius 2 is 1.82 bits per heavy atom. The molecule has 1 aliphatic heterocycles. The molecule has 22 heavy (non-hydrogen) atoms. The fourth-order valence-electron chi connectivity index (χ4n) is 2.19. The first kappa shape index (κ1) is 19.3. The Hall–Kier alpha value is -0.750. The Morgan fingerprint density at radius 3 is 2.45 bits per heavy atom. The maximum Gasteiger partial charge on any atom is 0.230 e. The minimum atomic E-state index is 0. The van der Waals surface area contributed by atoms with E-state index in [1.165, 1.54) is 11.8 Å². The van der Waals surface area contributed by atoms with E-state index in [9.17, 15) is 9.59 Å². The number of halogens is 2. The summed E-state index contributed by atoms with van der Waals surface area (Å²) in [5.41, 5.74) is 0.630. The number of benzene rings is 1. The fourth-order valence-corrected chi connectivity index (χ4v) is 3.04. The van der Waals surface area contributed by atoms with E-state index in [4.69, 9.17) is 11.6 Å². The fraction of sp³-hybridized carbons (Fsp3) is 0.467. The zero-order valence-electron chi connectivity index (χ0n) is 12.1. The highest BCUT2D eigenvalue weighted by Gasteiger charge is 2.15. The number of Topliss-reactive ketones (excluding diaryl/α,β-unsaturated/α-hetero) is 1. The number of amides is 1. The van der Waals surface area contributed by atoms with E-state index in [1.54, 1.807) is 24.3 Å². The molecule has 1 aromatic rings. The molecule has 1 heterocycles. The Bertz CT molecular complexity index is 491. The number of ketones is 1. The molecule has 2 N–H and O–H groups in total. The van der Waals surface area contributed by atoms with Crippen molar-refractivity contribution < 1.29 is 9.59 Å². The van der Waals surface area contributed by atoms with Crippen molar-refractivity contribution in [1.82, 2.24) is 10.6 Å². The lowest BCUT2D eigenvalue weighted by atomic mass is 10.1. The van der Waals surface area contributed by atoms with Gasteiger partial charge in [-0.05, 0) is 50.2 Å². The number of hydrogen-bond donors (Lipinski definition) is 2. The number of hydrogen-bond acceptors (Lipinski definition) is 4. The van der Waals surface area contributed by atoms with Crippen molar-refractivity contribution in [1.29, 1.82) is 0 Å². The van der Waals surface area contributed by atoms with Crippen molar-refractivity contribution in [3.8, 4) is 0 Å². The van der Waals surface area contributed by atoms with E-state index in [0.29, 0.717) is 22.1 Å². The molecular weight excluding hydrogens is 343 g/mol. The topological polar surface area (TPSA) is 58.2 Å². The van der Waals surface area contributed by atoms with Crippen molar-refractivity contribution in [2.24, 2.45) is 0 Å². The van der Waals surface area contributed by atoms with Crippen LogP contribution in [0.2, 0.25) is 5.02 Å². The van der Waals surface area contributed by atoms with Crippen molar-refractivity contribution in [2.45, 2.75) is 18.9 Å². The molecule has 0 saturated carbocycles. The zero-order valence-corrected chi connectivity index (χ0v) is 14.5. The van der Waals surface area contributed by atoms with Gasteiger partial charge in [0.15, 0.2) is 5.78 Å². The van der Waals surface area contributed by atoms with Gasteiger partial charge in [-0.3, -0.25) is 9.59 Å². The molecule has 122 valence electrons. The summed E-state index contributed by atoms with van der Waals surface area (Å²) in [6.07, 6.45) is 1.94. The molecule has 0 aromatic heterocycles. The van der Waals surface area contributed by atoms with Gasteiger partial charge in [-0.1, -0.05) is 11.6 Å². The Labute approximate surface area is 146 Å². The predicted octanol–water partition coefficient (Wildman–Crippen LogP) is 2.55. The summed E-state index contributed by atoms with van der Waals surface area (Å²) in [4.78, 5) is 23.7. The van der Waals surface area contributed by atoms with Crippen LogP contribution in [0.3, 0.4) is 0 Å². The highest BCUT2D eigenvalue weighted by molar-refractivity contribution is 8.00. The van der Waals surface area contributed by atoms with Crippen LogP contribution in [0, 0.1) is 0 Å². The highest BCUT2D eigenvalue weighted by atomic mass is 35.5. The second-order valence-electron chi connectivity index (χ2n) is 5.01. The lowest BCUT2D eigenvalue weighted by Crippen LogP contribution is -2.43. The number of carbonyl (C=O) groups excluding carboxylic acids is 2. The second kappa shape index (κ2) is 10.1. The summed E-state index contributed by atoms with van der Waals surface area (Å²) in [6.45, 7) is 1.90. The van der Waals surface area contributed by atoms with Gasteiger partial charge in [0.25, 0.3) is 0 Å². The van der Waals surface area contributed by atoms with Crippen LogP contribution in [0.15, 0.2) is 24.3 Å². The van der Waals surface area contributed by atoms with E-state index in [2.05, 4.69) is 10.6 Å². The Morgan fingerprint density at radius 1 is 1.18 bits per heavy atom. The predicted molar refractivity (Wildman–Crippen MR) is 94.4 cm³/mol. The van der Waals surface area contributed by atoms with Crippen LogP contribution in [0.25, 0.3) is 0 Å². The van der Waals surface area contributed by atoms with E-state index in [0.717, 1.165) is 25.9 Å². The van der Waals surface area contributed by atoms with Crippen LogP contribution in [0.1, 0.15) is 23.2 Å². The van der Waals surface area contributed by atoms with E-state index < -0.39 is 0 Å². The molecule has 1 amide bonds. The van der Waals surface area contributed by atoms with Crippen molar-refractivity contribution in [3.63, 3.8) is 0 Å². The summed E-state index contributed by atoms with van der Waals surface area (Å²) in [5.74, 6) is 0.659. The van der Waals surface area contributed by atoms with Crippen LogP contribution in [0.5, 0.6) is 0 Å². The van der Waals surface area contributed by atoms with Gasteiger partial charge >= 0.3 is 0 Å². The van der Waals surface area contributed by atoms with Crippen LogP contribution < -0.4 is 10.6 Å². The van der Waals surface area contributed by atoms with Crippen LogP contribution in [0.4, 0.5) is 0 Å². The molecule has 0 spiro atoms. The zero-order chi connectivity index (χ0) is 15.1. The molecule has 0 radical (unpaired) electrons. The third-order valence-corrected chi connectivity index (χ3v) is 4.52. The summed E-state index contributed by atoms with van der Waals surface area (Å²) in [5, 5.41) is 6.88. The van der Waals surface area contributed by atoms with Crippen LogP contribution in [-0.2, 0) is 4.79 Å². The minimum Gasteiger partial charge on any atom is -0.353 e. The van der Waals surface area contributed by atoms with Gasteiger partial charge in [0.2, 0.25) is 5.91 Å². The standard InChI is InChI=1S/C15H19ClN2O2S.ClH/c16-12-3-1-11(2-4-12)14(19)9-21-10-15(20)18-13-5-7-17-8-6-13;/h1-4,13,17H,5-10H2,(H,18,20);1H. The summed E-state index contributed by atoms with van der Waals surface area (Å²) in [6, 6.07) is 7.08. The van der Waals surface area contributed by atoms with E-state index in [1.807, 2.05) is 0 Å². The second-order valence-corrected chi connectivity index (χ2v) is 6.44. The van der Waals surface area contributed by atoms with Gasteiger partial charge in [0.1, 0.15) is 0 Å². The first-order valence-electron chi connectivity index (χ1n) is 7.02. The molecule has 0 unspecified atom stereocenters. The Kier molecular flexibility index (Phi) is 8.86. The summed E-state index contributed by atoms with van der Waals surface area (Å²) in [7, 11) is 0. The number of nitrogens with one attached hydrogen (secondary N) is 2. The molecule has 1 saturated heterocycles. The molecule has 4 nitrogen and oxygen atoms in total. The monoisotopic (exact) mass is 362 g/mol. The Balaban J connectivity index is 0.00000242. The lowest BCUT2D eigenvalue weighted by molar-refractivity contribution is -0.119. The number of rotatable bonds is 6. The molecule has 1 fully saturated rings. The average Bonchev–Trinajstić information content (AvgIpc) is 2.49. The molecule has 7 heteroatoms. The molecule has 0 bridgehead atoms. The van der Waals surface area contributed by atoms with Gasteiger partial charge in [-0.2, -0.15) is 0 Å². The van der Waals surface area contributed by atoms with Gasteiger partial charge in [0, 0.05) is 16.6 Å². The number of piperidine rings is 1. The first-order chi connectivity index (χ1) is 10.1. The van der Waals surface area contributed by atoms with Gasteiger partial charge in [-0.25, -0.2) is 0 Å². The number of thioether (sulfide) groups is 1. The SMILES string of the molecule is Cl.O=C(CSCC(=O)c1ccc(Cl)cc1)NC1CCNCC1. The molecule has 1 aliphatic rings. The van der Waals surface area contributed by atoms with Gasteiger partial charge < -0.3 is 10.6 Å². The molecule has 0 atom stereocenters. The smallest absolute Gasteiger partial charge is 0.230 e. The third-order valence-electron chi connectivity index (χ3n) is 3.34. The summed E-state index contributed by atoms with van der Waals surface area (Å²) >= 11 is 7.13. The quantitative estimate of drug-likeness (QED) is 0.763. The van der Waals surface area contributed by atoms with Crippen LogP contribution >= 0.6 is 35.8 Å².